The molecule has 2 fully saturated rings. The zero-order valence-corrected chi connectivity index (χ0v) is 17.3. The Hall–Kier alpha value is -1.03. The van der Waals surface area contributed by atoms with Gasteiger partial charge in [-0.25, -0.2) is 8.42 Å². The summed E-state index contributed by atoms with van der Waals surface area (Å²) >= 11 is 0. The number of nitrogens with zero attached hydrogens (tertiary/aromatic N) is 1. The van der Waals surface area contributed by atoms with E-state index in [4.69, 9.17) is 4.74 Å². The van der Waals surface area contributed by atoms with Crippen LogP contribution in [0.5, 0.6) is 0 Å². The fraction of sp³-hybridized carbons (Fsp3) is 0.684. The Morgan fingerprint density at radius 1 is 1.19 bits per heavy atom. The van der Waals surface area contributed by atoms with Crippen LogP contribution in [0.4, 0.5) is 0 Å². The maximum atomic E-state index is 12.7. The van der Waals surface area contributed by atoms with Crippen LogP contribution >= 0.6 is 0 Å². The number of rotatable bonds is 6. The predicted molar refractivity (Wildman–Crippen MR) is 106 cm³/mol. The molecule has 2 unspecified atom stereocenters. The molecule has 0 amide bonds. The molecule has 27 heavy (non-hydrogen) atoms. The number of hydrazine groups is 1. The molecule has 3 N–H and O–H groups in total. The molecule has 0 radical (unpaired) electrons. The van der Waals surface area contributed by atoms with Crippen molar-refractivity contribution in [3.8, 4) is 0 Å². The Morgan fingerprint density at radius 2 is 1.85 bits per heavy atom. The van der Waals surface area contributed by atoms with Gasteiger partial charge in [-0.15, -0.1) is 0 Å². The maximum absolute atomic E-state index is 12.7. The Balaban J connectivity index is 1.53. The summed E-state index contributed by atoms with van der Waals surface area (Å²) in [5.74, 6) is 0.519. The van der Waals surface area contributed by atoms with Gasteiger partial charge in [-0.05, 0) is 23.1 Å². The molecule has 2 saturated heterocycles. The van der Waals surface area contributed by atoms with E-state index in [-0.39, 0.29) is 5.41 Å². The van der Waals surface area contributed by atoms with Gasteiger partial charge in [-0.2, -0.15) is 4.31 Å². The van der Waals surface area contributed by atoms with Gasteiger partial charge in [0.05, 0.1) is 18.1 Å². The highest BCUT2D eigenvalue weighted by atomic mass is 32.2. The standard InChI is InChI=1S/C19H32N4O3S/c1-19(2,3)18-16(14-21-22-18)13-20-12-15-4-6-17(7-5-15)27(24,25)23-8-10-26-11-9-23/h4-7,16,18,20-22H,8-14H2,1-3H3. The van der Waals surface area contributed by atoms with Crippen molar-refractivity contribution in [3.63, 3.8) is 0 Å². The van der Waals surface area contributed by atoms with E-state index >= 15 is 0 Å². The van der Waals surface area contributed by atoms with Gasteiger partial charge >= 0.3 is 0 Å². The molecule has 0 aromatic heterocycles. The number of benzene rings is 1. The third kappa shape index (κ3) is 5.07. The summed E-state index contributed by atoms with van der Waals surface area (Å²) in [7, 11) is -3.42. The largest absolute Gasteiger partial charge is 0.379 e. The van der Waals surface area contributed by atoms with Crippen LogP contribution in [-0.4, -0.2) is 58.2 Å². The smallest absolute Gasteiger partial charge is 0.243 e. The second-order valence-electron chi connectivity index (χ2n) is 8.42. The Morgan fingerprint density at radius 3 is 2.48 bits per heavy atom. The lowest BCUT2D eigenvalue weighted by atomic mass is 9.80. The van der Waals surface area contributed by atoms with Gasteiger partial charge < -0.3 is 10.1 Å². The van der Waals surface area contributed by atoms with Crippen molar-refractivity contribution in [2.75, 3.05) is 39.4 Å². The van der Waals surface area contributed by atoms with Crippen molar-refractivity contribution in [1.82, 2.24) is 20.5 Å². The molecule has 7 nitrogen and oxygen atoms in total. The molecule has 2 aliphatic rings. The first-order chi connectivity index (χ1) is 12.8. The van der Waals surface area contributed by atoms with Crippen LogP contribution in [0.3, 0.4) is 0 Å². The summed E-state index contributed by atoms with van der Waals surface area (Å²) in [5.41, 5.74) is 7.93. The lowest BCUT2D eigenvalue weighted by Crippen LogP contribution is -2.44. The van der Waals surface area contributed by atoms with E-state index in [9.17, 15) is 8.42 Å². The predicted octanol–water partition coefficient (Wildman–Crippen LogP) is 0.936. The summed E-state index contributed by atoms with van der Waals surface area (Å²) in [6.07, 6.45) is 0. The van der Waals surface area contributed by atoms with E-state index in [1.54, 1.807) is 12.1 Å². The number of sulfonamides is 1. The molecule has 1 aromatic carbocycles. The van der Waals surface area contributed by atoms with Crippen molar-refractivity contribution in [2.24, 2.45) is 11.3 Å². The highest BCUT2D eigenvalue weighted by Crippen LogP contribution is 2.27. The molecule has 0 bridgehead atoms. The average molecular weight is 397 g/mol. The first-order valence-electron chi connectivity index (χ1n) is 9.64. The van der Waals surface area contributed by atoms with E-state index in [2.05, 4.69) is 36.9 Å². The molecule has 3 rings (SSSR count). The quantitative estimate of drug-likeness (QED) is 0.664. The molecule has 8 heteroatoms. The van der Waals surface area contributed by atoms with E-state index in [1.807, 2.05) is 12.1 Å². The minimum atomic E-state index is -3.42. The third-order valence-electron chi connectivity index (χ3n) is 5.29. The normalized spacial score (nSPS) is 25.0. The number of morpholine rings is 1. The zero-order valence-electron chi connectivity index (χ0n) is 16.5. The van der Waals surface area contributed by atoms with Crippen LogP contribution < -0.4 is 16.2 Å². The van der Waals surface area contributed by atoms with Crippen LogP contribution in [0.1, 0.15) is 26.3 Å². The number of hydrogen-bond acceptors (Lipinski definition) is 6. The third-order valence-corrected chi connectivity index (χ3v) is 7.21. The van der Waals surface area contributed by atoms with Gasteiger partial charge in [-0.3, -0.25) is 10.9 Å². The monoisotopic (exact) mass is 396 g/mol. The fourth-order valence-corrected chi connectivity index (χ4v) is 5.17. The van der Waals surface area contributed by atoms with Crippen molar-refractivity contribution in [2.45, 2.75) is 38.3 Å². The molecule has 2 atom stereocenters. The molecule has 0 aliphatic carbocycles. The van der Waals surface area contributed by atoms with E-state index in [0.717, 1.165) is 25.2 Å². The Labute approximate surface area is 162 Å². The van der Waals surface area contributed by atoms with Gasteiger partial charge in [0.25, 0.3) is 0 Å². The fourth-order valence-electron chi connectivity index (χ4n) is 3.77. The molecule has 152 valence electrons. The van der Waals surface area contributed by atoms with Gasteiger partial charge in [0, 0.05) is 44.7 Å². The number of nitrogens with one attached hydrogen (secondary N) is 3. The van der Waals surface area contributed by atoms with E-state index in [1.165, 1.54) is 4.31 Å². The first kappa shape index (κ1) is 20.7. The van der Waals surface area contributed by atoms with E-state index < -0.39 is 10.0 Å². The lowest BCUT2D eigenvalue weighted by molar-refractivity contribution is 0.0730. The van der Waals surface area contributed by atoms with Crippen molar-refractivity contribution >= 4 is 10.0 Å². The Kier molecular flexibility index (Phi) is 6.55. The van der Waals surface area contributed by atoms with Gasteiger partial charge in [-0.1, -0.05) is 32.9 Å². The average Bonchev–Trinajstić information content (AvgIpc) is 3.12. The minimum absolute atomic E-state index is 0.200. The topological polar surface area (TPSA) is 82.7 Å². The van der Waals surface area contributed by atoms with E-state index in [0.29, 0.717) is 43.2 Å². The van der Waals surface area contributed by atoms with Crippen LogP contribution in [0.2, 0.25) is 0 Å². The molecular formula is C19H32N4O3S. The maximum Gasteiger partial charge on any atom is 0.243 e. The molecule has 1 aromatic rings. The Bertz CT molecular complexity index is 709. The van der Waals surface area contributed by atoms with Crippen molar-refractivity contribution in [1.29, 1.82) is 0 Å². The number of hydrogen-bond donors (Lipinski definition) is 3. The summed E-state index contributed by atoms with van der Waals surface area (Å²) in [6.45, 7) is 11.1. The minimum Gasteiger partial charge on any atom is -0.379 e. The lowest BCUT2D eigenvalue weighted by Gasteiger charge is -2.31. The van der Waals surface area contributed by atoms with Crippen LogP contribution in [0.15, 0.2) is 29.2 Å². The van der Waals surface area contributed by atoms with Crippen LogP contribution in [0, 0.1) is 11.3 Å². The zero-order chi connectivity index (χ0) is 19.5. The van der Waals surface area contributed by atoms with Gasteiger partial charge in [0.1, 0.15) is 0 Å². The van der Waals surface area contributed by atoms with Crippen LogP contribution in [0.25, 0.3) is 0 Å². The summed E-state index contributed by atoms with van der Waals surface area (Å²) in [5, 5.41) is 3.51. The SMILES string of the molecule is CC(C)(C)C1NNCC1CNCc1ccc(S(=O)(=O)N2CCOCC2)cc1. The second-order valence-corrected chi connectivity index (χ2v) is 10.4. The molecule has 2 aliphatic heterocycles. The van der Waals surface area contributed by atoms with Gasteiger partial charge in [0.15, 0.2) is 0 Å². The molecule has 0 spiro atoms. The summed E-state index contributed by atoms with van der Waals surface area (Å²) in [4.78, 5) is 0.352. The second kappa shape index (κ2) is 8.55. The van der Waals surface area contributed by atoms with Crippen molar-refractivity contribution < 1.29 is 13.2 Å². The molecular weight excluding hydrogens is 364 g/mol. The number of ether oxygens (including phenoxy) is 1. The molecule has 2 heterocycles. The molecule has 0 saturated carbocycles. The van der Waals surface area contributed by atoms with Gasteiger partial charge in [0.2, 0.25) is 10.0 Å². The first-order valence-corrected chi connectivity index (χ1v) is 11.1. The highest BCUT2D eigenvalue weighted by molar-refractivity contribution is 7.89. The van der Waals surface area contributed by atoms with Crippen molar-refractivity contribution in [3.05, 3.63) is 29.8 Å². The summed E-state index contributed by atoms with van der Waals surface area (Å²) in [6, 6.07) is 7.63. The summed E-state index contributed by atoms with van der Waals surface area (Å²) < 4.78 is 32.1. The van der Waals surface area contributed by atoms with Crippen LogP contribution in [-0.2, 0) is 21.3 Å². The highest BCUT2D eigenvalue weighted by Gasteiger charge is 2.35.